The molecule has 1 aromatic carbocycles. The van der Waals surface area contributed by atoms with Crippen LogP contribution in [0.2, 0.25) is 0 Å². The SMILES string of the molecule is COC1CCC2(CC1)Cc1ccc(C)cc1C21N=C(N)c2nc(C)sc21. The zero-order valence-electron chi connectivity index (χ0n) is 15.6. The molecule has 0 radical (unpaired) electrons. The topological polar surface area (TPSA) is 60.5 Å². The monoisotopic (exact) mass is 367 g/mol. The van der Waals surface area contributed by atoms with Gasteiger partial charge in [-0.25, -0.2) is 9.98 Å². The predicted molar refractivity (Wildman–Crippen MR) is 105 cm³/mol. The van der Waals surface area contributed by atoms with Crippen molar-refractivity contribution in [2.75, 3.05) is 7.11 Å². The number of aryl methyl sites for hydroxylation is 2. The van der Waals surface area contributed by atoms with Gasteiger partial charge in [0, 0.05) is 12.5 Å². The van der Waals surface area contributed by atoms with Gasteiger partial charge in [-0.15, -0.1) is 11.3 Å². The molecule has 1 atom stereocenters. The van der Waals surface area contributed by atoms with Crippen molar-refractivity contribution < 1.29 is 4.74 Å². The molecular formula is C21H25N3OS. The lowest BCUT2D eigenvalue weighted by Crippen LogP contribution is -2.44. The van der Waals surface area contributed by atoms with Crippen LogP contribution in [0.5, 0.6) is 0 Å². The molecule has 2 heterocycles. The average Bonchev–Trinajstić information content (AvgIpc) is 3.22. The normalized spacial score (nSPS) is 32.1. The Morgan fingerprint density at radius 2 is 2.00 bits per heavy atom. The summed E-state index contributed by atoms with van der Waals surface area (Å²) in [6.45, 7) is 4.24. The third kappa shape index (κ3) is 1.93. The first kappa shape index (κ1) is 16.5. The second-order valence-corrected chi connectivity index (χ2v) is 9.37. The molecule has 1 saturated carbocycles. The van der Waals surface area contributed by atoms with E-state index in [9.17, 15) is 0 Å². The van der Waals surface area contributed by atoms with Crippen LogP contribution in [0.4, 0.5) is 0 Å². The minimum atomic E-state index is -0.349. The maximum Gasteiger partial charge on any atom is 0.147 e. The van der Waals surface area contributed by atoms with E-state index in [0.29, 0.717) is 11.9 Å². The number of aromatic nitrogens is 1. The summed E-state index contributed by atoms with van der Waals surface area (Å²) in [7, 11) is 1.83. The molecule has 3 aliphatic rings. The standard InChI is InChI=1S/C21H25N3OS/c1-12-4-5-14-11-20(8-6-15(25-3)7-9-20)21(16(14)10-12)18-17(19(22)24-21)23-13(2)26-18/h4-5,10,15H,6-9,11H2,1-3H3,(H2,22,24). The number of thiazole rings is 1. The van der Waals surface area contributed by atoms with Gasteiger partial charge in [-0.1, -0.05) is 23.8 Å². The van der Waals surface area contributed by atoms with Gasteiger partial charge in [-0.2, -0.15) is 0 Å². The number of amidine groups is 1. The Balaban J connectivity index is 1.76. The van der Waals surface area contributed by atoms with E-state index in [1.165, 1.54) is 21.6 Å². The highest BCUT2D eigenvalue weighted by Gasteiger charge is 2.63. The molecular weight excluding hydrogens is 342 g/mol. The lowest BCUT2D eigenvalue weighted by atomic mass is 9.61. The number of fused-ring (bicyclic) bond motifs is 5. The summed E-state index contributed by atoms with van der Waals surface area (Å²) >= 11 is 1.78. The molecule has 1 aromatic heterocycles. The number of hydrogen-bond donors (Lipinski definition) is 1. The fourth-order valence-corrected chi connectivity index (χ4v) is 6.75. The first-order valence-corrected chi connectivity index (χ1v) is 10.3. The first-order valence-electron chi connectivity index (χ1n) is 9.45. The molecule has 1 unspecified atom stereocenters. The van der Waals surface area contributed by atoms with Crippen molar-refractivity contribution in [1.29, 1.82) is 0 Å². The van der Waals surface area contributed by atoms with Crippen molar-refractivity contribution in [3.63, 3.8) is 0 Å². The third-order valence-electron chi connectivity index (χ3n) is 6.77. The Morgan fingerprint density at radius 3 is 2.73 bits per heavy atom. The smallest absolute Gasteiger partial charge is 0.147 e. The number of nitrogens with two attached hydrogens (primary N) is 1. The van der Waals surface area contributed by atoms with Crippen LogP contribution in [0.3, 0.4) is 0 Å². The quantitative estimate of drug-likeness (QED) is 0.833. The van der Waals surface area contributed by atoms with Gasteiger partial charge in [0.05, 0.1) is 16.0 Å². The zero-order chi connectivity index (χ0) is 18.1. The Morgan fingerprint density at radius 1 is 1.23 bits per heavy atom. The van der Waals surface area contributed by atoms with Crippen molar-refractivity contribution in [3.8, 4) is 0 Å². The van der Waals surface area contributed by atoms with Gasteiger partial charge in [0.15, 0.2) is 0 Å². The maximum absolute atomic E-state index is 6.42. The molecule has 0 bridgehead atoms. The van der Waals surface area contributed by atoms with Crippen LogP contribution < -0.4 is 5.73 Å². The van der Waals surface area contributed by atoms with E-state index >= 15 is 0 Å². The molecule has 4 nitrogen and oxygen atoms in total. The fraction of sp³-hybridized carbons (Fsp3) is 0.524. The second kappa shape index (κ2) is 5.40. The summed E-state index contributed by atoms with van der Waals surface area (Å²) < 4.78 is 5.67. The highest BCUT2D eigenvalue weighted by atomic mass is 32.1. The van der Waals surface area contributed by atoms with Gasteiger partial charge in [0.25, 0.3) is 0 Å². The molecule has 2 aliphatic carbocycles. The lowest BCUT2D eigenvalue weighted by molar-refractivity contribution is 0.00748. The second-order valence-electron chi connectivity index (χ2n) is 8.17. The fourth-order valence-electron chi connectivity index (χ4n) is 5.55. The molecule has 26 heavy (non-hydrogen) atoms. The number of aliphatic imine (C=N–C) groups is 1. The Labute approximate surface area is 158 Å². The van der Waals surface area contributed by atoms with E-state index < -0.39 is 0 Å². The van der Waals surface area contributed by atoms with Crippen LogP contribution in [-0.4, -0.2) is 24.0 Å². The van der Waals surface area contributed by atoms with Gasteiger partial charge in [-0.05, 0) is 57.1 Å². The highest BCUT2D eigenvalue weighted by Crippen LogP contribution is 2.65. The first-order chi connectivity index (χ1) is 12.5. The van der Waals surface area contributed by atoms with Gasteiger partial charge in [0.1, 0.15) is 17.1 Å². The van der Waals surface area contributed by atoms with Crippen molar-refractivity contribution >= 4 is 17.2 Å². The summed E-state index contributed by atoms with van der Waals surface area (Å²) in [4.78, 5) is 11.2. The molecule has 5 heteroatoms. The maximum atomic E-state index is 6.42. The molecule has 2 aromatic rings. The summed E-state index contributed by atoms with van der Waals surface area (Å²) in [5.74, 6) is 0.618. The van der Waals surface area contributed by atoms with E-state index in [1.807, 2.05) is 7.11 Å². The van der Waals surface area contributed by atoms with Crippen molar-refractivity contribution in [2.45, 2.75) is 57.6 Å². The minimum absolute atomic E-state index is 0.0903. The Bertz CT molecular complexity index is 923. The van der Waals surface area contributed by atoms with Crippen LogP contribution in [-0.2, 0) is 16.7 Å². The molecule has 1 aliphatic heterocycles. The zero-order valence-corrected chi connectivity index (χ0v) is 16.4. The number of methoxy groups -OCH3 is 1. The minimum Gasteiger partial charge on any atom is -0.382 e. The predicted octanol–water partition coefficient (Wildman–Crippen LogP) is 3.85. The Hall–Kier alpha value is -1.72. The van der Waals surface area contributed by atoms with E-state index in [-0.39, 0.29) is 11.0 Å². The van der Waals surface area contributed by atoms with Crippen LogP contribution in [0.1, 0.15) is 58.0 Å². The van der Waals surface area contributed by atoms with E-state index in [4.69, 9.17) is 20.4 Å². The number of nitrogens with zero attached hydrogens (tertiary/aromatic N) is 2. The third-order valence-corrected chi connectivity index (χ3v) is 7.85. The van der Waals surface area contributed by atoms with E-state index in [1.54, 1.807) is 11.3 Å². The summed E-state index contributed by atoms with van der Waals surface area (Å²) in [5, 5.41) is 1.08. The van der Waals surface area contributed by atoms with Crippen molar-refractivity contribution in [3.05, 3.63) is 50.5 Å². The van der Waals surface area contributed by atoms with Crippen LogP contribution in [0.15, 0.2) is 23.2 Å². The molecule has 0 amide bonds. The molecule has 5 rings (SSSR count). The highest BCUT2D eigenvalue weighted by molar-refractivity contribution is 7.12. The van der Waals surface area contributed by atoms with Crippen LogP contribution >= 0.6 is 11.3 Å². The molecule has 2 N–H and O–H groups in total. The molecule has 136 valence electrons. The van der Waals surface area contributed by atoms with Crippen molar-refractivity contribution in [2.24, 2.45) is 16.1 Å². The van der Waals surface area contributed by atoms with Gasteiger partial charge < -0.3 is 10.5 Å². The van der Waals surface area contributed by atoms with E-state index in [0.717, 1.165) is 42.8 Å². The Kier molecular flexibility index (Phi) is 3.41. The summed E-state index contributed by atoms with van der Waals surface area (Å²) in [5.41, 5.74) is 11.2. The number of ether oxygens (including phenoxy) is 1. The number of rotatable bonds is 1. The number of hydrogen-bond acceptors (Lipinski definition) is 5. The van der Waals surface area contributed by atoms with Gasteiger partial charge in [0.2, 0.25) is 0 Å². The summed E-state index contributed by atoms with van der Waals surface area (Å²) in [6, 6.07) is 6.88. The molecule has 1 fully saturated rings. The molecule has 2 spiro atoms. The van der Waals surface area contributed by atoms with Gasteiger partial charge >= 0.3 is 0 Å². The molecule has 0 saturated heterocycles. The van der Waals surface area contributed by atoms with Crippen molar-refractivity contribution in [1.82, 2.24) is 4.98 Å². The van der Waals surface area contributed by atoms with Gasteiger partial charge in [-0.3, -0.25) is 0 Å². The average molecular weight is 368 g/mol. The largest absolute Gasteiger partial charge is 0.382 e. The van der Waals surface area contributed by atoms with Crippen LogP contribution in [0.25, 0.3) is 0 Å². The summed E-state index contributed by atoms with van der Waals surface area (Å²) in [6.07, 6.45) is 5.86. The number of benzene rings is 1. The van der Waals surface area contributed by atoms with Crippen LogP contribution in [0, 0.1) is 19.3 Å². The van der Waals surface area contributed by atoms with E-state index in [2.05, 4.69) is 32.0 Å². The lowest BCUT2D eigenvalue weighted by Gasteiger charge is -2.46.